The first kappa shape index (κ1) is 18.8. The number of ether oxygens (including phenoxy) is 2. The molecule has 0 fully saturated rings. The summed E-state index contributed by atoms with van der Waals surface area (Å²) in [6.07, 6.45) is 2.71. The molecule has 0 bridgehead atoms. The fraction of sp³-hybridized carbons (Fsp3) is 0.111. The van der Waals surface area contributed by atoms with Crippen molar-refractivity contribution in [3.8, 4) is 11.5 Å². The van der Waals surface area contributed by atoms with E-state index in [0.29, 0.717) is 22.9 Å². The van der Waals surface area contributed by atoms with Crippen LogP contribution >= 0.6 is 0 Å². The fourth-order valence-corrected chi connectivity index (χ4v) is 2.09. The highest BCUT2D eigenvalue weighted by Crippen LogP contribution is 2.29. The number of anilines is 2. The standard InChI is InChI=1S/C18H19N3O5/c1-25-15-9-8-14(11-16(15)26-2)20-18(23)19-13-6-3-12(4-7-13)5-10-17(22)21-24/h3-11,24H,1-2H3,(H,21,22)(H2,19,20,23)/b10-5+. The highest BCUT2D eigenvalue weighted by Gasteiger charge is 2.07. The van der Waals surface area contributed by atoms with Crippen LogP contribution in [-0.4, -0.2) is 31.4 Å². The van der Waals surface area contributed by atoms with Crippen LogP contribution in [0.4, 0.5) is 16.2 Å². The summed E-state index contributed by atoms with van der Waals surface area (Å²) < 4.78 is 10.3. The molecule has 0 saturated carbocycles. The number of benzene rings is 2. The first-order chi connectivity index (χ1) is 12.5. The Morgan fingerprint density at radius 3 is 2.15 bits per heavy atom. The number of amides is 3. The summed E-state index contributed by atoms with van der Waals surface area (Å²) in [6.45, 7) is 0. The van der Waals surface area contributed by atoms with Crippen molar-refractivity contribution < 1.29 is 24.3 Å². The number of rotatable bonds is 6. The molecule has 0 aliphatic rings. The highest BCUT2D eigenvalue weighted by molar-refractivity contribution is 6.00. The molecule has 0 aliphatic carbocycles. The van der Waals surface area contributed by atoms with Crippen molar-refractivity contribution in [1.29, 1.82) is 0 Å². The minimum atomic E-state index is -0.624. The number of hydroxylamine groups is 1. The molecule has 0 spiro atoms. The zero-order chi connectivity index (χ0) is 18.9. The van der Waals surface area contributed by atoms with Gasteiger partial charge in [0.2, 0.25) is 0 Å². The number of hydrogen-bond donors (Lipinski definition) is 4. The Labute approximate surface area is 150 Å². The van der Waals surface area contributed by atoms with Gasteiger partial charge in [0.25, 0.3) is 5.91 Å². The van der Waals surface area contributed by atoms with E-state index in [4.69, 9.17) is 14.7 Å². The van der Waals surface area contributed by atoms with Crippen LogP contribution in [0.5, 0.6) is 11.5 Å². The van der Waals surface area contributed by atoms with Crippen LogP contribution in [-0.2, 0) is 4.79 Å². The molecule has 2 aromatic carbocycles. The highest BCUT2D eigenvalue weighted by atomic mass is 16.5. The predicted octanol–water partition coefficient (Wildman–Crippen LogP) is 2.87. The SMILES string of the molecule is COc1ccc(NC(=O)Nc2ccc(/C=C/C(=O)NO)cc2)cc1OC. The number of hydrogen-bond acceptors (Lipinski definition) is 5. The molecule has 136 valence electrons. The van der Waals surface area contributed by atoms with Gasteiger partial charge < -0.3 is 20.1 Å². The predicted molar refractivity (Wildman–Crippen MR) is 97.6 cm³/mol. The molecule has 0 unspecified atom stereocenters. The van der Waals surface area contributed by atoms with Crippen molar-refractivity contribution in [2.75, 3.05) is 24.9 Å². The van der Waals surface area contributed by atoms with Crippen molar-refractivity contribution in [3.05, 3.63) is 54.1 Å². The van der Waals surface area contributed by atoms with Gasteiger partial charge in [-0.25, -0.2) is 10.3 Å². The molecule has 0 radical (unpaired) electrons. The Morgan fingerprint density at radius 1 is 0.923 bits per heavy atom. The maximum atomic E-state index is 12.1. The first-order valence-electron chi connectivity index (χ1n) is 7.58. The molecular weight excluding hydrogens is 338 g/mol. The molecule has 0 heterocycles. The third-order valence-corrected chi connectivity index (χ3v) is 3.35. The van der Waals surface area contributed by atoms with Crippen LogP contribution in [0.3, 0.4) is 0 Å². The summed E-state index contributed by atoms with van der Waals surface area (Å²) in [6, 6.07) is 11.4. The van der Waals surface area contributed by atoms with Gasteiger partial charge in [0.15, 0.2) is 11.5 Å². The summed E-state index contributed by atoms with van der Waals surface area (Å²) in [4.78, 5) is 23.0. The summed E-state index contributed by atoms with van der Waals surface area (Å²) in [5.41, 5.74) is 3.37. The average Bonchev–Trinajstić information content (AvgIpc) is 2.66. The number of methoxy groups -OCH3 is 2. The van der Waals surface area contributed by atoms with Crippen molar-refractivity contribution >= 4 is 29.4 Å². The van der Waals surface area contributed by atoms with Crippen LogP contribution < -0.4 is 25.6 Å². The minimum absolute atomic E-state index is 0.417. The molecule has 0 saturated heterocycles. The van der Waals surface area contributed by atoms with Gasteiger partial charge in [-0.2, -0.15) is 0 Å². The van der Waals surface area contributed by atoms with E-state index in [9.17, 15) is 9.59 Å². The number of nitrogens with one attached hydrogen (secondary N) is 3. The van der Waals surface area contributed by atoms with E-state index in [1.807, 2.05) is 0 Å². The molecule has 8 nitrogen and oxygen atoms in total. The van der Waals surface area contributed by atoms with E-state index >= 15 is 0 Å². The Hall–Kier alpha value is -3.52. The van der Waals surface area contributed by atoms with E-state index in [2.05, 4.69) is 10.6 Å². The molecule has 0 aromatic heterocycles. The van der Waals surface area contributed by atoms with Crippen LogP contribution in [0.15, 0.2) is 48.5 Å². The monoisotopic (exact) mass is 357 g/mol. The maximum Gasteiger partial charge on any atom is 0.323 e. The molecule has 3 amide bonds. The van der Waals surface area contributed by atoms with Crippen molar-refractivity contribution in [1.82, 2.24) is 5.48 Å². The van der Waals surface area contributed by atoms with Crippen LogP contribution in [0.1, 0.15) is 5.56 Å². The van der Waals surface area contributed by atoms with Gasteiger partial charge in [-0.15, -0.1) is 0 Å². The third kappa shape index (κ3) is 5.25. The quantitative estimate of drug-likeness (QED) is 0.361. The lowest BCUT2D eigenvalue weighted by Gasteiger charge is -2.11. The van der Waals surface area contributed by atoms with E-state index in [0.717, 1.165) is 5.56 Å². The number of carbonyl (C=O) groups is 2. The Kier molecular flexibility index (Phi) is 6.58. The Bertz CT molecular complexity index is 803. The molecule has 0 aliphatic heterocycles. The number of carbonyl (C=O) groups excluding carboxylic acids is 2. The van der Waals surface area contributed by atoms with Crippen LogP contribution in [0, 0.1) is 0 Å². The lowest BCUT2D eigenvalue weighted by atomic mass is 10.2. The normalized spacial score (nSPS) is 10.3. The smallest absolute Gasteiger partial charge is 0.323 e. The third-order valence-electron chi connectivity index (χ3n) is 3.35. The van der Waals surface area contributed by atoms with Gasteiger partial charge in [0, 0.05) is 23.5 Å². The van der Waals surface area contributed by atoms with E-state index < -0.39 is 11.9 Å². The molecule has 8 heteroatoms. The average molecular weight is 357 g/mol. The number of urea groups is 1. The largest absolute Gasteiger partial charge is 0.493 e. The van der Waals surface area contributed by atoms with Crippen LogP contribution in [0.2, 0.25) is 0 Å². The fourth-order valence-electron chi connectivity index (χ4n) is 2.09. The van der Waals surface area contributed by atoms with Gasteiger partial charge >= 0.3 is 6.03 Å². The van der Waals surface area contributed by atoms with Crippen LogP contribution in [0.25, 0.3) is 6.08 Å². The lowest BCUT2D eigenvalue weighted by molar-refractivity contribution is -0.124. The molecule has 2 aromatic rings. The van der Waals surface area contributed by atoms with Crippen molar-refractivity contribution in [3.63, 3.8) is 0 Å². The molecular formula is C18H19N3O5. The molecule has 0 atom stereocenters. The Morgan fingerprint density at radius 2 is 1.54 bits per heavy atom. The first-order valence-corrected chi connectivity index (χ1v) is 7.58. The second-order valence-electron chi connectivity index (χ2n) is 5.08. The molecule has 4 N–H and O–H groups in total. The summed E-state index contributed by atoms with van der Waals surface area (Å²) >= 11 is 0. The summed E-state index contributed by atoms with van der Waals surface area (Å²) in [5.74, 6) is 0.451. The van der Waals surface area contributed by atoms with Gasteiger partial charge in [-0.05, 0) is 35.9 Å². The second-order valence-corrected chi connectivity index (χ2v) is 5.08. The minimum Gasteiger partial charge on any atom is -0.493 e. The zero-order valence-electron chi connectivity index (χ0n) is 14.3. The Balaban J connectivity index is 1.97. The van der Waals surface area contributed by atoms with Gasteiger partial charge in [0.1, 0.15) is 0 Å². The zero-order valence-corrected chi connectivity index (χ0v) is 14.3. The van der Waals surface area contributed by atoms with Gasteiger partial charge in [0.05, 0.1) is 14.2 Å². The topological polar surface area (TPSA) is 109 Å². The van der Waals surface area contributed by atoms with Crippen molar-refractivity contribution in [2.45, 2.75) is 0 Å². The van der Waals surface area contributed by atoms with E-state index in [1.54, 1.807) is 42.5 Å². The summed E-state index contributed by atoms with van der Waals surface area (Å²) in [5, 5.41) is 13.8. The summed E-state index contributed by atoms with van der Waals surface area (Å²) in [7, 11) is 3.05. The van der Waals surface area contributed by atoms with Gasteiger partial charge in [-0.1, -0.05) is 12.1 Å². The maximum absolute atomic E-state index is 12.1. The van der Waals surface area contributed by atoms with E-state index in [-0.39, 0.29) is 0 Å². The molecule has 2 rings (SSSR count). The van der Waals surface area contributed by atoms with Crippen molar-refractivity contribution in [2.24, 2.45) is 0 Å². The molecule has 26 heavy (non-hydrogen) atoms. The second kappa shape index (κ2) is 9.09. The van der Waals surface area contributed by atoms with Gasteiger partial charge in [-0.3, -0.25) is 10.0 Å². The van der Waals surface area contributed by atoms with E-state index in [1.165, 1.54) is 31.9 Å². The lowest BCUT2D eigenvalue weighted by Crippen LogP contribution is -2.19.